The largest absolute Gasteiger partial charge is 0.411 e. The summed E-state index contributed by atoms with van der Waals surface area (Å²) < 4.78 is 18.6. The van der Waals surface area contributed by atoms with Crippen molar-refractivity contribution in [1.29, 1.82) is 0 Å². The Hall–Kier alpha value is -3.40. The van der Waals surface area contributed by atoms with E-state index in [1.165, 1.54) is 12.1 Å². The van der Waals surface area contributed by atoms with Crippen LogP contribution in [-0.4, -0.2) is 58.8 Å². The first-order chi connectivity index (χ1) is 16.0. The molecule has 8 nitrogen and oxygen atoms in total. The van der Waals surface area contributed by atoms with Gasteiger partial charge in [0, 0.05) is 49.5 Å². The number of hydrogen-bond donors (Lipinski definition) is 1. The van der Waals surface area contributed by atoms with Gasteiger partial charge >= 0.3 is 0 Å². The van der Waals surface area contributed by atoms with Crippen molar-refractivity contribution in [3.05, 3.63) is 54.3 Å². The van der Waals surface area contributed by atoms with Crippen LogP contribution in [0.25, 0.3) is 11.5 Å². The maximum atomic E-state index is 13.0. The lowest BCUT2D eigenvalue weighted by molar-refractivity contribution is -0.131. The molecular formula is C23H24FN5O3S. The summed E-state index contributed by atoms with van der Waals surface area (Å²) in [6, 6.07) is 13.4. The molecule has 0 aliphatic carbocycles. The highest BCUT2D eigenvalue weighted by Crippen LogP contribution is 2.24. The van der Waals surface area contributed by atoms with Crippen molar-refractivity contribution >= 4 is 35.0 Å². The van der Waals surface area contributed by atoms with E-state index in [4.69, 9.17) is 4.42 Å². The molecule has 0 radical (unpaired) electrons. The van der Waals surface area contributed by atoms with Crippen LogP contribution in [0.1, 0.15) is 13.3 Å². The number of benzene rings is 2. The molecule has 2 heterocycles. The van der Waals surface area contributed by atoms with Crippen LogP contribution in [0, 0.1) is 5.82 Å². The SMILES string of the molecule is CCC(=O)N1CCN(c2ccc(NC(=O)CSc3nnc(-c4ccc(F)cc4)o3)cc2)CC1. The van der Waals surface area contributed by atoms with Crippen LogP contribution in [0.5, 0.6) is 0 Å². The zero-order valence-electron chi connectivity index (χ0n) is 18.2. The van der Waals surface area contributed by atoms with Crippen LogP contribution < -0.4 is 10.2 Å². The highest BCUT2D eigenvalue weighted by molar-refractivity contribution is 7.99. The van der Waals surface area contributed by atoms with Crippen LogP contribution in [0.15, 0.2) is 58.2 Å². The van der Waals surface area contributed by atoms with Gasteiger partial charge in [0.1, 0.15) is 5.82 Å². The number of anilines is 2. The van der Waals surface area contributed by atoms with E-state index < -0.39 is 0 Å². The lowest BCUT2D eigenvalue weighted by atomic mass is 10.2. The molecule has 1 aromatic heterocycles. The minimum atomic E-state index is -0.344. The molecule has 0 unspecified atom stereocenters. The van der Waals surface area contributed by atoms with Gasteiger partial charge in [-0.05, 0) is 48.5 Å². The number of carbonyl (C=O) groups is 2. The fourth-order valence-corrected chi connectivity index (χ4v) is 4.06. The Morgan fingerprint density at radius 2 is 1.73 bits per heavy atom. The van der Waals surface area contributed by atoms with E-state index in [1.807, 2.05) is 36.1 Å². The van der Waals surface area contributed by atoms with Crippen molar-refractivity contribution in [1.82, 2.24) is 15.1 Å². The van der Waals surface area contributed by atoms with Gasteiger partial charge < -0.3 is 19.5 Å². The fraction of sp³-hybridized carbons (Fsp3) is 0.304. The van der Waals surface area contributed by atoms with E-state index in [-0.39, 0.29) is 34.5 Å². The highest BCUT2D eigenvalue weighted by atomic mass is 32.2. The normalized spacial score (nSPS) is 13.8. The average Bonchev–Trinajstić information content (AvgIpc) is 3.32. The summed E-state index contributed by atoms with van der Waals surface area (Å²) >= 11 is 1.13. The molecule has 1 fully saturated rings. The van der Waals surface area contributed by atoms with Gasteiger partial charge in [-0.2, -0.15) is 0 Å². The molecule has 172 valence electrons. The third-order valence-electron chi connectivity index (χ3n) is 5.28. The van der Waals surface area contributed by atoms with Crippen molar-refractivity contribution in [3.63, 3.8) is 0 Å². The second-order valence-electron chi connectivity index (χ2n) is 7.49. The molecule has 10 heteroatoms. The van der Waals surface area contributed by atoms with Crippen molar-refractivity contribution in [3.8, 4) is 11.5 Å². The number of hydrogen-bond acceptors (Lipinski definition) is 7. The predicted octanol–water partition coefficient (Wildman–Crippen LogP) is 3.67. The Balaban J connectivity index is 1.25. The second-order valence-corrected chi connectivity index (χ2v) is 8.41. The molecule has 1 saturated heterocycles. The first-order valence-corrected chi connectivity index (χ1v) is 11.7. The number of piperazine rings is 1. The molecule has 0 atom stereocenters. The van der Waals surface area contributed by atoms with E-state index in [9.17, 15) is 14.0 Å². The monoisotopic (exact) mass is 469 g/mol. The average molecular weight is 470 g/mol. The number of halogens is 1. The summed E-state index contributed by atoms with van der Waals surface area (Å²) in [4.78, 5) is 28.3. The van der Waals surface area contributed by atoms with Crippen molar-refractivity contribution in [2.24, 2.45) is 0 Å². The molecule has 1 N–H and O–H groups in total. The van der Waals surface area contributed by atoms with E-state index in [1.54, 1.807) is 12.1 Å². The predicted molar refractivity (Wildman–Crippen MR) is 125 cm³/mol. The number of carbonyl (C=O) groups excluding carboxylic acids is 2. The van der Waals surface area contributed by atoms with Gasteiger partial charge in [0.15, 0.2) is 0 Å². The van der Waals surface area contributed by atoms with Crippen molar-refractivity contribution < 1.29 is 18.4 Å². The van der Waals surface area contributed by atoms with E-state index in [0.29, 0.717) is 17.7 Å². The Labute approximate surface area is 195 Å². The van der Waals surface area contributed by atoms with Crippen molar-refractivity contribution in [2.75, 3.05) is 42.1 Å². The molecule has 3 aromatic rings. The van der Waals surface area contributed by atoms with Crippen LogP contribution >= 0.6 is 11.8 Å². The highest BCUT2D eigenvalue weighted by Gasteiger charge is 2.20. The summed E-state index contributed by atoms with van der Waals surface area (Å²) in [7, 11) is 0. The quantitative estimate of drug-likeness (QED) is 0.528. The standard InChI is InChI=1S/C23H24FN5O3S/c1-2-21(31)29-13-11-28(12-14-29)19-9-7-18(8-10-19)25-20(30)15-33-23-27-26-22(32-23)16-3-5-17(24)6-4-16/h3-10H,2,11-15H2,1H3,(H,25,30). The van der Waals surface area contributed by atoms with Crippen LogP contribution in [0.4, 0.5) is 15.8 Å². The van der Waals surface area contributed by atoms with Crippen LogP contribution in [-0.2, 0) is 9.59 Å². The third-order valence-corrected chi connectivity index (χ3v) is 6.09. The number of amides is 2. The summed E-state index contributed by atoms with van der Waals surface area (Å²) in [5.74, 6) is 0.0380. The number of nitrogens with zero attached hydrogens (tertiary/aromatic N) is 4. The Bertz CT molecular complexity index is 1100. The van der Waals surface area contributed by atoms with E-state index in [0.717, 1.165) is 43.6 Å². The molecular weight excluding hydrogens is 445 g/mol. The third kappa shape index (κ3) is 5.89. The molecule has 0 spiro atoms. The fourth-order valence-electron chi connectivity index (χ4n) is 3.49. The van der Waals surface area contributed by atoms with Gasteiger partial charge in [0.2, 0.25) is 17.7 Å². The lowest BCUT2D eigenvalue weighted by Gasteiger charge is -2.36. The van der Waals surface area contributed by atoms with Gasteiger partial charge in [-0.15, -0.1) is 10.2 Å². The van der Waals surface area contributed by atoms with Crippen molar-refractivity contribution in [2.45, 2.75) is 18.6 Å². The van der Waals surface area contributed by atoms with Gasteiger partial charge in [-0.25, -0.2) is 4.39 Å². The Kier molecular flexibility index (Phi) is 7.23. The first kappa shape index (κ1) is 22.8. The number of rotatable bonds is 7. The molecule has 2 aromatic carbocycles. The molecule has 0 saturated carbocycles. The van der Waals surface area contributed by atoms with E-state index in [2.05, 4.69) is 20.4 Å². The van der Waals surface area contributed by atoms with Gasteiger partial charge in [-0.1, -0.05) is 18.7 Å². The van der Waals surface area contributed by atoms with Crippen LogP contribution in [0.2, 0.25) is 0 Å². The maximum absolute atomic E-state index is 13.0. The molecule has 4 rings (SSSR count). The van der Waals surface area contributed by atoms with Crippen LogP contribution in [0.3, 0.4) is 0 Å². The number of aromatic nitrogens is 2. The van der Waals surface area contributed by atoms with E-state index >= 15 is 0 Å². The number of nitrogens with one attached hydrogen (secondary N) is 1. The maximum Gasteiger partial charge on any atom is 0.277 e. The van der Waals surface area contributed by atoms with Gasteiger partial charge in [0.25, 0.3) is 5.22 Å². The smallest absolute Gasteiger partial charge is 0.277 e. The first-order valence-electron chi connectivity index (χ1n) is 10.7. The Morgan fingerprint density at radius 1 is 1.03 bits per heavy atom. The topological polar surface area (TPSA) is 91.6 Å². The van der Waals surface area contributed by atoms with Gasteiger partial charge in [0.05, 0.1) is 5.75 Å². The minimum absolute atomic E-state index is 0.111. The summed E-state index contributed by atoms with van der Waals surface area (Å²) in [5.41, 5.74) is 2.37. The number of thioether (sulfide) groups is 1. The molecule has 1 aliphatic rings. The lowest BCUT2D eigenvalue weighted by Crippen LogP contribution is -2.48. The summed E-state index contributed by atoms with van der Waals surface area (Å²) in [5, 5.41) is 11.0. The molecule has 2 amide bonds. The molecule has 1 aliphatic heterocycles. The molecule has 33 heavy (non-hydrogen) atoms. The zero-order chi connectivity index (χ0) is 23.2. The Morgan fingerprint density at radius 3 is 2.39 bits per heavy atom. The molecule has 0 bridgehead atoms. The second kappa shape index (κ2) is 10.5. The zero-order valence-corrected chi connectivity index (χ0v) is 19.0. The summed E-state index contributed by atoms with van der Waals surface area (Å²) in [6.07, 6.45) is 0.536. The van der Waals surface area contributed by atoms with Gasteiger partial charge in [-0.3, -0.25) is 9.59 Å². The minimum Gasteiger partial charge on any atom is -0.411 e. The summed E-state index contributed by atoms with van der Waals surface area (Å²) in [6.45, 7) is 4.91.